The maximum atomic E-state index is 6.32. The van der Waals surface area contributed by atoms with Gasteiger partial charge in [0.15, 0.2) is 28.6 Å². The van der Waals surface area contributed by atoms with E-state index in [0.29, 0.717) is 17.0 Å². The van der Waals surface area contributed by atoms with Gasteiger partial charge in [-0.1, -0.05) is 48.5 Å². The Balaban J connectivity index is 1.32. The Morgan fingerprint density at radius 2 is 0.977 bits per heavy atom. The molecule has 2 aromatic heterocycles. The molecule has 7 nitrogen and oxygen atoms in total. The smallest absolute Gasteiger partial charge is 0.227 e. The molecule has 7 aromatic rings. The molecular weight excluding hydrogens is 536 g/mol. The van der Waals surface area contributed by atoms with Crippen molar-refractivity contribution in [1.29, 1.82) is 0 Å². The Morgan fingerprint density at radius 3 is 1.44 bits per heavy atom. The zero-order chi connectivity index (χ0) is 28.3. The first-order valence-electron chi connectivity index (χ1n) is 14.0. The van der Waals surface area contributed by atoms with E-state index in [1.165, 1.54) is 0 Å². The number of aromatic nitrogens is 2. The van der Waals surface area contributed by atoms with Gasteiger partial charge in [0.25, 0.3) is 0 Å². The van der Waals surface area contributed by atoms with Crippen LogP contribution in [0.25, 0.3) is 22.6 Å². The molecule has 7 heteroatoms. The second-order valence-corrected chi connectivity index (χ2v) is 10.3. The van der Waals surface area contributed by atoms with E-state index < -0.39 is 0 Å². The highest BCUT2D eigenvalue weighted by atomic mass is 16.5. The lowest BCUT2D eigenvalue weighted by Gasteiger charge is -2.35. The average Bonchev–Trinajstić information content (AvgIpc) is 3.50. The normalized spacial score (nSPS) is 12.9. The van der Waals surface area contributed by atoms with Crippen LogP contribution < -0.4 is 19.3 Å². The number of para-hydroxylation sites is 8. The number of pyridine rings is 1. The number of hydrogen-bond acceptors (Lipinski definition) is 7. The minimum absolute atomic E-state index is 0.510. The number of nitrogens with zero attached hydrogens (tertiary/aromatic N) is 4. The molecule has 0 unspecified atom stereocenters. The first kappa shape index (κ1) is 23.6. The summed E-state index contributed by atoms with van der Waals surface area (Å²) in [6.07, 6.45) is 3.43. The third-order valence-electron chi connectivity index (χ3n) is 7.72. The molecule has 43 heavy (non-hydrogen) atoms. The molecular formula is C36H22N4O3. The summed E-state index contributed by atoms with van der Waals surface area (Å²) in [5.41, 5.74) is 7.82. The van der Waals surface area contributed by atoms with Crippen LogP contribution in [0.1, 0.15) is 0 Å². The monoisotopic (exact) mass is 558 g/mol. The number of anilines is 6. The molecule has 0 N–H and O–H groups in total. The molecule has 0 saturated heterocycles. The van der Waals surface area contributed by atoms with E-state index in [4.69, 9.17) is 18.9 Å². The van der Waals surface area contributed by atoms with Crippen LogP contribution >= 0.6 is 0 Å². The largest absolute Gasteiger partial charge is 0.453 e. The first-order valence-corrected chi connectivity index (χ1v) is 14.0. The summed E-state index contributed by atoms with van der Waals surface area (Å²) in [5, 5.41) is 0. The highest BCUT2D eigenvalue weighted by Crippen LogP contribution is 2.54. The minimum Gasteiger partial charge on any atom is -0.453 e. The van der Waals surface area contributed by atoms with Gasteiger partial charge in [0.1, 0.15) is 5.52 Å². The highest BCUT2D eigenvalue weighted by molar-refractivity contribution is 5.93. The summed E-state index contributed by atoms with van der Waals surface area (Å²) >= 11 is 0. The number of rotatable bonds is 3. The number of oxazole rings is 1. The van der Waals surface area contributed by atoms with Crippen molar-refractivity contribution in [2.24, 2.45) is 0 Å². The average molecular weight is 559 g/mol. The summed E-state index contributed by atoms with van der Waals surface area (Å²) < 4.78 is 18.9. The molecule has 0 radical (unpaired) electrons. The SMILES string of the molecule is c1ccc2c(c1)Oc1ccccc1N2c1cc(-c2nc3cnccc3o2)cc(N2c3ccccc3Oc3ccccc32)c1. The molecule has 9 rings (SSSR count). The Morgan fingerprint density at radius 1 is 0.512 bits per heavy atom. The molecule has 0 atom stereocenters. The van der Waals surface area contributed by atoms with Gasteiger partial charge in [-0.3, -0.25) is 4.98 Å². The number of hydrogen-bond donors (Lipinski definition) is 0. The maximum Gasteiger partial charge on any atom is 0.227 e. The number of ether oxygens (including phenoxy) is 2. The second-order valence-electron chi connectivity index (χ2n) is 10.3. The van der Waals surface area contributed by atoms with Crippen LogP contribution in [0.2, 0.25) is 0 Å². The fourth-order valence-electron chi connectivity index (χ4n) is 5.85. The molecule has 0 aliphatic carbocycles. The van der Waals surface area contributed by atoms with Gasteiger partial charge in [-0.25, -0.2) is 4.98 Å². The van der Waals surface area contributed by atoms with Crippen molar-refractivity contribution < 1.29 is 13.9 Å². The molecule has 2 aliphatic heterocycles. The molecule has 0 saturated carbocycles. The van der Waals surface area contributed by atoms with E-state index in [0.717, 1.165) is 62.7 Å². The van der Waals surface area contributed by atoms with Crippen LogP contribution in [0, 0.1) is 0 Å². The summed E-state index contributed by atoms with van der Waals surface area (Å²) in [6.45, 7) is 0. The van der Waals surface area contributed by atoms with Crippen molar-refractivity contribution in [3.05, 3.63) is 134 Å². The van der Waals surface area contributed by atoms with Gasteiger partial charge in [-0.2, -0.15) is 0 Å². The molecule has 4 heterocycles. The minimum atomic E-state index is 0.510. The predicted molar refractivity (Wildman–Crippen MR) is 167 cm³/mol. The summed E-state index contributed by atoms with van der Waals surface area (Å²) in [5.74, 6) is 3.63. The van der Waals surface area contributed by atoms with Crippen LogP contribution in [0.4, 0.5) is 34.1 Å². The van der Waals surface area contributed by atoms with Crippen molar-refractivity contribution >= 4 is 45.2 Å². The Labute approximate surface area is 246 Å². The molecule has 0 bridgehead atoms. The van der Waals surface area contributed by atoms with Gasteiger partial charge in [-0.05, 0) is 66.7 Å². The Bertz CT molecular complexity index is 1950. The van der Waals surface area contributed by atoms with Crippen LogP contribution in [0.15, 0.2) is 138 Å². The van der Waals surface area contributed by atoms with Crippen LogP contribution in [0.5, 0.6) is 23.0 Å². The van der Waals surface area contributed by atoms with Crippen LogP contribution in [-0.4, -0.2) is 9.97 Å². The van der Waals surface area contributed by atoms with E-state index in [2.05, 4.69) is 57.2 Å². The Kier molecular flexibility index (Phi) is 5.06. The van der Waals surface area contributed by atoms with E-state index in [-0.39, 0.29) is 0 Å². The van der Waals surface area contributed by atoms with E-state index in [1.807, 2.05) is 78.9 Å². The Hall–Kier alpha value is -6.08. The van der Waals surface area contributed by atoms with Crippen molar-refractivity contribution in [3.8, 4) is 34.5 Å². The molecule has 0 amide bonds. The van der Waals surface area contributed by atoms with Crippen molar-refractivity contribution in [2.45, 2.75) is 0 Å². The highest BCUT2D eigenvalue weighted by Gasteiger charge is 2.30. The molecule has 5 aromatic carbocycles. The second kappa shape index (κ2) is 9.22. The fraction of sp³-hybridized carbons (Fsp3) is 0. The topological polar surface area (TPSA) is 63.9 Å². The van der Waals surface area contributed by atoms with Crippen LogP contribution in [-0.2, 0) is 0 Å². The molecule has 2 aliphatic rings. The van der Waals surface area contributed by atoms with Crippen molar-refractivity contribution in [1.82, 2.24) is 9.97 Å². The van der Waals surface area contributed by atoms with Gasteiger partial charge in [0.05, 0.1) is 28.9 Å². The predicted octanol–water partition coefficient (Wildman–Crippen LogP) is 10.0. The molecule has 0 fully saturated rings. The lowest BCUT2D eigenvalue weighted by Crippen LogP contribution is -2.18. The third-order valence-corrected chi connectivity index (χ3v) is 7.72. The zero-order valence-corrected chi connectivity index (χ0v) is 22.7. The van der Waals surface area contributed by atoms with Gasteiger partial charge < -0.3 is 23.7 Å². The van der Waals surface area contributed by atoms with Crippen molar-refractivity contribution in [3.63, 3.8) is 0 Å². The van der Waals surface area contributed by atoms with E-state index in [1.54, 1.807) is 12.4 Å². The van der Waals surface area contributed by atoms with E-state index in [9.17, 15) is 0 Å². The van der Waals surface area contributed by atoms with Crippen LogP contribution in [0.3, 0.4) is 0 Å². The van der Waals surface area contributed by atoms with E-state index >= 15 is 0 Å². The maximum absolute atomic E-state index is 6.32. The van der Waals surface area contributed by atoms with Gasteiger partial charge in [-0.15, -0.1) is 0 Å². The first-order chi connectivity index (χ1) is 21.3. The quantitative estimate of drug-likeness (QED) is 0.214. The lowest BCUT2D eigenvalue weighted by molar-refractivity contribution is 0.477. The zero-order valence-electron chi connectivity index (χ0n) is 22.7. The fourth-order valence-corrected chi connectivity index (χ4v) is 5.85. The van der Waals surface area contributed by atoms with Crippen molar-refractivity contribution in [2.75, 3.05) is 9.80 Å². The third kappa shape index (κ3) is 3.75. The summed E-state index contributed by atoms with van der Waals surface area (Å²) in [7, 11) is 0. The van der Waals surface area contributed by atoms with Gasteiger partial charge in [0, 0.05) is 29.2 Å². The van der Waals surface area contributed by atoms with Gasteiger partial charge in [0.2, 0.25) is 5.89 Å². The molecule has 204 valence electrons. The standard InChI is InChI=1S/C36H22N4O3/c1-5-13-32-27(9-1)39(28-10-2-6-14-33(28)41-32)24-19-23(36-38-26-22-37-18-17-31(26)43-36)20-25(21-24)40-29-11-3-7-15-34(29)42-35-16-8-4-12-30(35)40/h1-22H. The molecule has 0 spiro atoms. The van der Waals surface area contributed by atoms with Gasteiger partial charge >= 0.3 is 0 Å². The number of benzene rings is 5. The summed E-state index contributed by atoms with van der Waals surface area (Å²) in [6, 6.07) is 40.5. The number of fused-ring (bicyclic) bond motifs is 5. The lowest BCUT2D eigenvalue weighted by atomic mass is 10.1. The summed E-state index contributed by atoms with van der Waals surface area (Å²) in [4.78, 5) is 13.5.